The summed E-state index contributed by atoms with van der Waals surface area (Å²) in [7, 11) is -8.30. The molecule has 588 valence electrons. The fraction of sp³-hybridized carbons (Fsp3) is 0.514. The van der Waals surface area contributed by atoms with Gasteiger partial charge >= 0.3 is 18.1 Å². The molecule has 0 saturated heterocycles. The molecule has 3 aromatic carbocycles. The van der Waals surface area contributed by atoms with Crippen molar-refractivity contribution in [3.63, 3.8) is 0 Å². The lowest BCUT2D eigenvalue weighted by atomic mass is 9.98. The van der Waals surface area contributed by atoms with E-state index in [1.807, 2.05) is 23.0 Å². The summed E-state index contributed by atoms with van der Waals surface area (Å²) < 4.78 is 127. The van der Waals surface area contributed by atoms with Crippen LogP contribution in [0.15, 0.2) is 69.7 Å². The number of ether oxygens (including phenoxy) is 2. The van der Waals surface area contributed by atoms with Gasteiger partial charge in [-0.2, -0.15) is 13.2 Å². The predicted molar refractivity (Wildman–Crippen MR) is 401 cm³/mol. The van der Waals surface area contributed by atoms with E-state index in [0.717, 1.165) is 65.7 Å². The third-order valence-corrected chi connectivity index (χ3v) is 22.2. The van der Waals surface area contributed by atoms with E-state index >= 15 is 0 Å². The number of rotatable bonds is 14. The van der Waals surface area contributed by atoms with Crippen molar-refractivity contribution in [1.29, 1.82) is 0 Å². The lowest BCUT2D eigenvalue weighted by Crippen LogP contribution is -2.42. The Morgan fingerprint density at radius 3 is 1.26 bits per heavy atom. The highest BCUT2D eigenvalue weighted by Gasteiger charge is 2.42. The van der Waals surface area contributed by atoms with Crippen LogP contribution in [0.25, 0.3) is 33.1 Å². The van der Waals surface area contributed by atoms with E-state index < -0.39 is 81.0 Å². The van der Waals surface area contributed by atoms with Crippen LogP contribution in [0.4, 0.5) is 25.1 Å². The van der Waals surface area contributed by atoms with E-state index in [1.165, 1.54) is 52.3 Å². The van der Waals surface area contributed by atoms with Crippen molar-refractivity contribution in [2.45, 2.75) is 186 Å². The average Bonchev–Trinajstić information content (AvgIpc) is 1.59. The van der Waals surface area contributed by atoms with Gasteiger partial charge in [0, 0.05) is 105 Å². The number of aliphatic hydroxyl groups is 4. The summed E-state index contributed by atoms with van der Waals surface area (Å²) >= 11 is 5.27. The number of aryl methyl sites for hydroxylation is 2. The van der Waals surface area contributed by atoms with E-state index in [1.54, 1.807) is 52.2 Å². The van der Waals surface area contributed by atoms with Gasteiger partial charge in [0.05, 0.1) is 115 Å². The second-order valence-electron chi connectivity index (χ2n) is 29.3. The number of esters is 2. The number of anilines is 2. The maximum atomic E-state index is 12.5. The summed E-state index contributed by atoms with van der Waals surface area (Å²) in [5.41, 5.74) is 1.63. The number of hydrogen-bond donors (Lipinski definition) is 5. The van der Waals surface area contributed by atoms with Gasteiger partial charge in [-0.1, -0.05) is 49.0 Å². The number of carbonyl (C=O) groups is 2. The summed E-state index contributed by atoms with van der Waals surface area (Å²) in [5, 5.41) is 42.9. The SMILES string of the molecule is C.CC(C)(O)c1cnc(Cl)nc1C(F)(F)F.COC(=O)c1cc2nc3n(c2cc1S(C)(=O)=O)CCN(c1ncc(C(C)(C)O)c(C)n1)[C@@H]3C(C)C.COC(=O)c1cc2nc3n(c2cc1S(C)(=O)=O)CCN[C@@H]3C(C)C.Cc1nc(N2CCn3c(nc4cc(CO)c(S(C)(=O)=O)cc43)[C@H]2C(C)C)ncc1C(C)(C)O. The Morgan fingerprint density at radius 2 is 0.917 bits per heavy atom. The second kappa shape index (κ2) is 31.5. The highest BCUT2D eigenvalue weighted by molar-refractivity contribution is 7.91. The molecule has 0 fully saturated rings. The first-order valence-electron chi connectivity index (χ1n) is 34.1. The number of carbonyl (C=O) groups excluding carboxylic acids is 2. The van der Waals surface area contributed by atoms with Crippen molar-refractivity contribution in [3.8, 4) is 0 Å². The lowest BCUT2D eigenvalue weighted by molar-refractivity contribution is -0.144. The number of halogens is 4. The smallest absolute Gasteiger partial charge is 0.433 e. The molecule has 0 unspecified atom stereocenters. The molecule has 3 aliphatic heterocycles. The van der Waals surface area contributed by atoms with Crippen LogP contribution in [-0.4, -0.2) is 169 Å². The van der Waals surface area contributed by atoms with Gasteiger partial charge in [0.15, 0.2) is 35.2 Å². The molecule has 0 bridgehead atoms. The largest absolute Gasteiger partial charge is 0.465 e. The summed E-state index contributed by atoms with van der Waals surface area (Å²) in [4.78, 5) is 68.0. The highest BCUT2D eigenvalue weighted by atomic mass is 35.5. The molecule has 9 heterocycles. The number of aromatic nitrogens is 12. The molecular formula is C72H95ClF3N15O14S3. The molecule has 36 heteroatoms. The molecule has 0 aliphatic carbocycles. The zero-order valence-electron chi connectivity index (χ0n) is 63.0. The highest BCUT2D eigenvalue weighted by Crippen LogP contribution is 2.42. The third-order valence-electron chi connectivity index (χ3n) is 18.6. The quantitative estimate of drug-likeness (QED) is 0.0499. The van der Waals surface area contributed by atoms with Crippen molar-refractivity contribution >= 4 is 98.0 Å². The third kappa shape index (κ3) is 17.7. The van der Waals surface area contributed by atoms with Crippen molar-refractivity contribution < 1.29 is 77.9 Å². The molecule has 0 amide bonds. The summed E-state index contributed by atoms with van der Waals surface area (Å²) in [6.45, 7) is 29.0. The van der Waals surface area contributed by atoms with Gasteiger partial charge in [-0.3, -0.25) is 0 Å². The van der Waals surface area contributed by atoms with Crippen LogP contribution in [0.3, 0.4) is 0 Å². The van der Waals surface area contributed by atoms with Gasteiger partial charge in [-0.15, -0.1) is 0 Å². The number of sulfone groups is 3. The number of alkyl halides is 3. The number of nitrogens with one attached hydrogen (secondary N) is 1. The Kier molecular flexibility index (Phi) is 24.9. The van der Waals surface area contributed by atoms with Crippen molar-refractivity contribution in [1.82, 2.24) is 63.9 Å². The monoisotopic (exact) mass is 1580 g/mol. The summed E-state index contributed by atoms with van der Waals surface area (Å²) in [5.74, 6) is 2.78. The molecule has 6 aromatic heterocycles. The molecule has 3 aliphatic rings. The van der Waals surface area contributed by atoms with Crippen LogP contribution >= 0.6 is 11.6 Å². The van der Waals surface area contributed by atoms with Gasteiger partial charge in [0.25, 0.3) is 0 Å². The maximum absolute atomic E-state index is 12.5. The van der Waals surface area contributed by atoms with Gasteiger partial charge in [-0.25, -0.2) is 79.7 Å². The van der Waals surface area contributed by atoms with Crippen LogP contribution in [-0.2, 0) is 88.2 Å². The van der Waals surface area contributed by atoms with Gasteiger partial charge < -0.3 is 58.7 Å². The Bertz CT molecular complexity index is 5280. The van der Waals surface area contributed by atoms with E-state index in [-0.39, 0.29) is 69.8 Å². The van der Waals surface area contributed by atoms with Crippen LogP contribution < -0.4 is 15.1 Å². The Morgan fingerprint density at radius 1 is 0.546 bits per heavy atom. The molecule has 0 radical (unpaired) electrons. The van der Waals surface area contributed by atoms with Gasteiger partial charge in [0.2, 0.25) is 17.2 Å². The molecule has 0 spiro atoms. The van der Waals surface area contributed by atoms with Crippen LogP contribution in [0.5, 0.6) is 0 Å². The summed E-state index contributed by atoms with van der Waals surface area (Å²) in [6.07, 6.45) is 2.86. The zero-order valence-corrected chi connectivity index (χ0v) is 66.2. The first kappa shape index (κ1) is 85.2. The Hall–Kier alpha value is -8.42. The molecule has 12 rings (SSSR count). The summed E-state index contributed by atoms with van der Waals surface area (Å²) in [6, 6.07) is 9.12. The van der Waals surface area contributed by atoms with Crippen molar-refractivity contribution in [2.75, 3.05) is 62.4 Å². The van der Waals surface area contributed by atoms with Crippen LogP contribution in [0, 0.1) is 31.6 Å². The van der Waals surface area contributed by atoms with E-state index in [9.17, 15) is 68.4 Å². The van der Waals surface area contributed by atoms with Crippen LogP contribution in [0.1, 0.15) is 186 Å². The maximum Gasteiger partial charge on any atom is 0.433 e. The second-order valence-corrected chi connectivity index (χ2v) is 35.6. The van der Waals surface area contributed by atoms with Gasteiger partial charge in [-0.05, 0) is 127 Å². The normalized spacial score (nSPS) is 16.4. The van der Waals surface area contributed by atoms with Crippen LogP contribution in [0.2, 0.25) is 5.28 Å². The number of nitrogens with zero attached hydrogens (tertiary/aromatic N) is 14. The molecule has 0 saturated carbocycles. The number of aliphatic hydroxyl groups excluding tert-OH is 1. The number of benzene rings is 3. The van der Waals surface area contributed by atoms with E-state index in [4.69, 9.17) is 41.0 Å². The molecule has 108 heavy (non-hydrogen) atoms. The van der Waals surface area contributed by atoms with E-state index in [0.29, 0.717) is 95.0 Å². The molecule has 9 aromatic rings. The minimum Gasteiger partial charge on any atom is -0.465 e. The molecule has 5 N–H and O–H groups in total. The standard InChI is InChI=1S/C24H31N5O5S.C23H31N5O4S.C16H21N3O4S.C8H8ClF3N2O.CH4/c1-13(2)20-21-27-17-10-15(22(30)34-6)19(35(7,32)33)11-18(17)28(21)8-9-29(20)23-25-12-16(14(3)26-23)24(4,5)31;1-13(2)20-21-26-17-9-15(12-29)19(33(6,31)32)10-18(17)27(21)7-8-28(20)22-24-11-16(14(3)25-22)23(4,5)30;1-9(2)14-15-18-11-7-10(16(20)23-3)13(24(4,21)22)8-12(11)19(15)6-5-17-14;1-7(2,15)4-3-13-6(9)14-5(4)8(10,11)12;/h10-13,20,31H,8-9H2,1-7H3;9-11,13,20,29-30H,7-8,12H2,1-6H3;7-9,14,17H,5-6H2,1-4H3;3,15H,1-2H3;1H4/t2*20-;14-;;/m111../s1. The number of fused-ring (bicyclic) bond motifs is 9. The van der Waals surface area contributed by atoms with Gasteiger partial charge in [0.1, 0.15) is 17.5 Å². The predicted octanol–water partition coefficient (Wildman–Crippen LogP) is 9.78. The number of hydrogen-bond acceptors (Lipinski definition) is 26. The molecular weight excluding hydrogens is 1490 g/mol. The minimum atomic E-state index is -4.66. The molecule has 29 nitrogen and oxygen atoms in total. The molecule has 3 atom stereocenters. The Balaban J connectivity index is 0.000000188. The zero-order chi connectivity index (χ0) is 79.7. The first-order valence-corrected chi connectivity index (χ1v) is 40.2. The topological polar surface area (TPSA) is 385 Å². The lowest BCUT2D eigenvalue weighted by Gasteiger charge is -2.38. The fourth-order valence-electron chi connectivity index (χ4n) is 13.7. The Labute approximate surface area is 631 Å². The fourth-order valence-corrected chi connectivity index (χ4v) is 16.5. The minimum absolute atomic E-state index is 0. The van der Waals surface area contributed by atoms with Crippen molar-refractivity contribution in [3.05, 3.63) is 128 Å². The number of methoxy groups -OCH3 is 2. The first-order chi connectivity index (χ1) is 49.4. The van der Waals surface area contributed by atoms with E-state index in [2.05, 4.69) is 86.1 Å². The number of imidazole rings is 3. The average molecular weight is 1580 g/mol. The van der Waals surface area contributed by atoms with Crippen molar-refractivity contribution in [2.24, 2.45) is 17.8 Å².